The first-order valence-corrected chi connectivity index (χ1v) is 8.79. The van der Waals surface area contributed by atoms with Crippen molar-refractivity contribution < 1.29 is 4.74 Å². The Morgan fingerprint density at radius 3 is 2.85 bits per heavy atom. The Morgan fingerprint density at radius 2 is 2.12 bits per heavy atom. The molecule has 2 heterocycles. The van der Waals surface area contributed by atoms with Crippen molar-refractivity contribution in [1.82, 2.24) is 25.1 Å². The molecule has 0 amide bonds. The predicted octanol–water partition coefficient (Wildman–Crippen LogP) is 1.72. The number of fused-ring (bicyclic) bond motifs is 1. The number of ether oxygens (including phenoxy) is 1. The summed E-state index contributed by atoms with van der Waals surface area (Å²) in [5, 5.41) is 11.4. The maximum absolute atomic E-state index is 12.9. The first kappa shape index (κ1) is 18.3. The van der Waals surface area contributed by atoms with Crippen LogP contribution in [0, 0.1) is 13.8 Å². The molecule has 0 radical (unpaired) electrons. The van der Waals surface area contributed by atoms with Gasteiger partial charge < -0.3 is 14.6 Å². The molecule has 3 aromatic rings. The molecule has 0 aliphatic carbocycles. The van der Waals surface area contributed by atoms with E-state index in [1.807, 2.05) is 25.1 Å². The topological polar surface area (TPSA) is 84.8 Å². The number of aromatic nitrogens is 4. The molecule has 0 bridgehead atoms. The molecule has 0 aliphatic rings. The highest BCUT2D eigenvalue weighted by Crippen LogP contribution is 2.16. The monoisotopic (exact) mass is 355 g/mol. The number of rotatable bonds is 8. The van der Waals surface area contributed by atoms with Crippen LogP contribution in [-0.4, -0.2) is 40.0 Å². The molecule has 3 rings (SSSR count). The summed E-state index contributed by atoms with van der Waals surface area (Å²) in [5.41, 5.74) is 2.90. The largest absolute Gasteiger partial charge is 0.383 e. The van der Waals surface area contributed by atoms with Gasteiger partial charge in [-0.3, -0.25) is 9.89 Å². The van der Waals surface area contributed by atoms with E-state index < -0.39 is 0 Å². The third-order valence-corrected chi connectivity index (χ3v) is 4.33. The summed E-state index contributed by atoms with van der Waals surface area (Å²) >= 11 is 0. The third-order valence-electron chi connectivity index (χ3n) is 4.33. The van der Waals surface area contributed by atoms with Crippen molar-refractivity contribution >= 4 is 10.9 Å². The Bertz CT molecular complexity index is 945. The van der Waals surface area contributed by atoms with Crippen LogP contribution in [0.1, 0.15) is 22.8 Å². The SMILES string of the molecule is COCCn1c(=O)c(CNCCc2n[nH]c(C)n2)cc2cc(C)ccc21. The standard InChI is InChI=1S/C19H25N5O2/c1-13-4-5-17-15(10-13)11-16(19(25)24(17)8-9-26-3)12-20-7-6-18-21-14(2)22-23-18/h4-5,10-11,20H,6-9,12H2,1-3H3,(H,21,22,23). The highest BCUT2D eigenvalue weighted by atomic mass is 16.5. The van der Waals surface area contributed by atoms with Gasteiger partial charge in [0.1, 0.15) is 5.82 Å². The van der Waals surface area contributed by atoms with Gasteiger partial charge in [-0.2, -0.15) is 5.10 Å². The van der Waals surface area contributed by atoms with Gasteiger partial charge in [0, 0.05) is 38.7 Å². The van der Waals surface area contributed by atoms with Gasteiger partial charge >= 0.3 is 0 Å². The molecule has 0 saturated carbocycles. The van der Waals surface area contributed by atoms with Crippen LogP contribution in [0.15, 0.2) is 29.1 Å². The molecule has 138 valence electrons. The highest BCUT2D eigenvalue weighted by Gasteiger charge is 2.10. The Hall–Kier alpha value is -2.51. The molecular weight excluding hydrogens is 330 g/mol. The molecule has 26 heavy (non-hydrogen) atoms. The summed E-state index contributed by atoms with van der Waals surface area (Å²) in [6.45, 7) is 6.20. The summed E-state index contributed by atoms with van der Waals surface area (Å²) in [7, 11) is 1.65. The number of aromatic amines is 1. The fourth-order valence-electron chi connectivity index (χ4n) is 3.02. The van der Waals surface area contributed by atoms with Gasteiger partial charge in [-0.05, 0) is 37.4 Å². The van der Waals surface area contributed by atoms with Crippen LogP contribution in [-0.2, 0) is 24.2 Å². The van der Waals surface area contributed by atoms with Crippen molar-refractivity contribution in [2.75, 3.05) is 20.3 Å². The molecule has 2 N–H and O–H groups in total. The Kier molecular flexibility index (Phi) is 5.80. The van der Waals surface area contributed by atoms with Gasteiger partial charge in [0.2, 0.25) is 0 Å². The molecule has 0 unspecified atom stereocenters. The van der Waals surface area contributed by atoms with E-state index in [-0.39, 0.29) is 5.56 Å². The summed E-state index contributed by atoms with van der Waals surface area (Å²) in [5.74, 6) is 1.59. The maximum atomic E-state index is 12.9. The van der Waals surface area contributed by atoms with E-state index in [4.69, 9.17) is 4.74 Å². The normalized spacial score (nSPS) is 11.3. The van der Waals surface area contributed by atoms with E-state index >= 15 is 0 Å². The lowest BCUT2D eigenvalue weighted by atomic mass is 10.1. The Morgan fingerprint density at radius 1 is 1.27 bits per heavy atom. The molecule has 0 fully saturated rings. The maximum Gasteiger partial charge on any atom is 0.255 e. The summed E-state index contributed by atoms with van der Waals surface area (Å²) in [6, 6.07) is 8.13. The number of hydrogen-bond donors (Lipinski definition) is 2. The Balaban J connectivity index is 1.78. The van der Waals surface area contributed by atoms with Crippen LogP contribution in [0.2, 0.25) is 0 Å². The lowest BCUT2D eigenvalue weighted by Gasteiger charge is -2.13. The average Bonchev–Trinajstić information content (AvgIpc) is 3.03. The number of pyridine rings is 1. The number of methoxy groups -OCH3 is 1. The fourth-order valence-corrected chi connectivity index (χ4v) is 3.02. The second-order valence-corrected chi connectivity index (χ2v) is 6.45. The van der Waals surface area contributed by atoms with Gasteiger partial charge in [0.25, 0.3) is 5.56 Å². The first-order chi connectivity index (χ1) is 12.6. The molecule has 2 aromatic heterocycles. The van der Waals surface area contributed by atoms with Gasteiger partial charge in [-0.15, -0.1) is 0 Å². The first-order valence-electron chi connectivity index (χ1n) is 8.79. The zero-order valence-electron chi connectivity index (χ0n) is 15.5. The van der Waals surface area contributed by atoms with Gasteiger partial charge in [0.05, 0.1) is 12.1 Å². The average molecular weight is 355 g/mol. The van der Waals surface area contributed by atoms with Crippen LogP contribution in [0.25, 0.3) is 10.9 Å². The molecule has 0 saturated heterocycles. The zero-order chi connectivity index (χ0) is 18.5. The quantitative estimate of drug-likeness (QED) is 0.601. The van der Waals surface area contributed by atoms with E-state index in [9.17, 15) is 4.79 Å². The highest BCUT2D eigenvalue weighted by molar-refractivity contribution is 5.80. The predicted molar refractivity (Wildman–Crippen MR) is 101 cm³/mol. The number of hydrogen-bond acceptors (Lipinski definition) is 5. The minimum absolute atomic E-state index is 0.0274. The van der Waals surface area contributed by atoms with E-state index in [0.29, 0.717) is 26.2 Å². The van der Waals surface area contributed by atoms with Gasteiger partial charge in [-0.25, -0.2) is 4.98 Å². The number of nitrogens with zero attached hydrogens (tertiary/aromatic N) is 3. The molecule has 7 nitrogen and oxygen atoms in total. The molecular formula is C19H25N5O2. The van der Waals surface area contributed by atoms with Gasteiger partial charge in [0.15, 0.2) is 5.82 Å². The molecule has 1 aromatic carbocycles. The van der Waals surface area contributed by atoms with Crippen molar-refractivity contribution in [3.63, 3.8) is 0 Å². The van der Waals surface area contributed by atoms with E-state index in [0.717, 1.165) is 34.5 Å². The van der Waals surface area contributed by atoms with E-state index in [1.54, 1.807) is 11.7 Å². The summed E-state index contributed by atoms with van der Waals surface area (Å²) in [6.07, 6.45) is 0.717. The second-order valence-electron chi connectivity index (χ2n) is 6.45. The fraction of sp³-hybridized carbons (Fsp3) is 0.421. The molecule has 7 heteroatoms. The number of benzene rings is 1. The number of aryl methyl sites for hydroxylation is 2. The van der Waals surface area contributed by atoms with Crippen LogP contribution >= 0.6 is 0 Å². The smallest absolute Gasteiger partial charge is 0.255 e. The zero-order valence-corrected chi connectivity index (χ0v) is 15.5. The minimum atomic E-state index is 0.0274. The minimum Gasteiger partial charge on any atom is -0.383 e. The van der Waals surface area contributed by atoms with Crippen molar-refractivity contribution in [2.24, 2.45) is 0 Å². The van der Waals surface area contributed by atoms with Crippen molar-refractivity contribution in [3.8, 4) is 0 Å². The van der Waals surface area contributed by atoms with Crippen LogP contribution in [0.4, 0.5) is 0 Å². The van der Waals surface area contributed by atoms with Crippen molar-refractivity contribution in [1.29, 1.82) is 0 Å². The summed E-state index contributed by atoms with van der Waals surface area (Å²) < 4.78 is 6.97. The molecule has 0 aliphatic heterocycles. The molecule has 0 spiro atoms. The van der Waals surface area contributed by atoms with Gasteiger partial charge in [-0.1, -0.05) is 11.6 Å². The Labute approximate surface area is 152 Å². The van der Waals surface area contributed by atoms with Crippen LogP contribution in [0.3, 0.4) is 0 Å². The lowest BCUT2D eigenvalue weighted by molar-refractivity contribution is 0.187. The van der Waals surface area contributed by atoms with E-state index in [1.165, 1.54) is 5.56 Å². The summed E-state index contributed by atoms with van der Waals surface area (Å²) in [4.78, 5) is 17.2. The number of nitrogens with one attached hydrogen (secondary N) is 2. The van der Waals surface area contributed by atoms with Crippen LogP contribution in [0.5, 0.6) is 0 Å². The number of H-pyrrole nitrogens is 1. The van der Waals surface area contributed by atoms with Crippen LogP contribution < -0.4 is 10.9 Å². The second kappa shape index (κ2) is 8.25. The molecule has 0 atom stereocenters. The van der Waals surface area contributed by atoms with Crippen molar-refractivity contribution in [3.05, 3.63) is 57.4 Å². The van der Waals surface area contributed by atoms with Crippen molar-refractivity contribution in [2.45, 2.75) is 33.4 Å². The lowest BCUT2D eigenvalue weighted by Crippen LogP contribution is -2.29. The van der Waals surface area contributed by atoms with E-state index in [2.05, 4.69) is 33.5 Å². The third kappa shape index (κ3) is 4.17.